The van der Waals surface area contributed by atoms with Gasteiger partial charge in [0.05, 0.1) is 13.0 Å². The van der Waals surface area contributed by atoms with Gasteiger partial charge in [-0.1, -0.05) is 48.0 Å². The first-order valence-electron chi connectivity index (χ1n) is 12.0. The van der Waals surface area contributed by atoms with Crippen LogP contribution in [0.1, 0.15) is 48.2 Å². The van der Waals surface area contributed by atoms with Crippen LogP contribution >= 0.6 is 0 Å². The van der Waals surface area contributed by atoms with Gasteiger partial charge in [0.15, 0.2) is 0 Å². The lowest BCUT2D eigenvalue weighted by Gasteiger charge is -2.44. The SMILES string of the molecule is Cc1ccc(C(=O)N2C(C(=O)NC(C)C)COC23CCN(C(=O)Cc2ccccc2)CC3)cc1. The number of benzene rings is 2. The Labute approximate surface area is 201 Å². The van der Waals surface area contributed by atoms with Crippen molar-refractivity contribution in [2.75, 3.05) is 19.7 Å². The highest BCUT2D eigenvalue weighted by atomic mass is 16.5. The highest BCUT2D eigenvalue weighted by molar-refractivity contribution is 5.98. The van der Waals surface area contributed by atoms with Gasteiger partial charge in [0, 0.05) is 37.5 Å². The highest BCUT2D eigenvalue weighted by Crippen LogP contribution is 2.38. The molecular weight excluding hydrogens is 430 g/mol. The Morgan fingerprint density at radius 1 is 1.03 bits per heavy atom. The minimum atomic E-state index is -0.898. The standard InChI is InChI=1S/C27H33N3O4/c1-19(2)28-25(32)23-18-34-27(30(23)26(33)22-11-9-20(3)10-12-22)13-15-29(16-14-27)24(31)17-21-7-5-4-6-8-21/h4-12,19,23H,13-18H2,1-3H3,(H,28,32). The van der Waals surface area contributed by atoms with Crippen LogP contribution in [0.25, 0.3) is 0 Å². The van der Waals surface area contributed by atoms with Gasteiger partial charge in [0.25, 0.3) is 5.91 Å². The molecule has 2 heterocycles. The summed E-state index contributed by atoms with van der Waals surface area (Å²) in [5, 5.41) is 2.93. The molecule has 1 unspecified atom stereocenters. The van der Waals surface area contributed by atoms with Crippen molar-refractivity contribution < 1.29 is 19.1 Å². The van der Waals surface area contributed by atoms with Gasteiger partial charge in [-0.2, -0.15) is 0 Å². The molecule has 0 aromatic heterocycles. The number of piperidine rings is 1. The number of carbonyl (C=O) groups is 3. The summed E-state index contributed by atoms with van der Waals surface area (Å²) in [6.45, 7) is 6.85. The summed E-state index contributed by atoms with van der Waals surface area (Å²) in [5.74, 6) is -0.370. The van der Waals surface area contributed by atoms with Crippen molar-refractivity contribution >= 4 is 17.7 Å². The Hall–Kier alpha value is -3.19. The Kier molecular flexibility index (Phi) is 7.03. The number of nitrogens with one attached hydrogen (secondary N) is 1. The van der Waals surface area contributed by atoms with E-state index >= 15 is 0 Å². The molecule has 4 rings (SSSR count). The molecule has 1 spiro atoms. The lowest BCUT2D eigenvalue weighted by Crippen LogP contribution is -2.60. The molecule has 34 heavy (non-hydrogen) atoms. The van der Waals surface area contributed by atoms with E-state index in [4.69, 9.17) is 4.74 Å². The third-order valence-corrected chi connectivity index (χ3v) is 6.61. The van der Waals surface area contributed by atoms with E-state index in [-0.39, 0.29) is 30.4 Å². The predicted molar refractivity (Wildman–Crippen MR) is 129 cm³/mol. The molecule has 7 heteroatoms. The molecule has 2 aromatic carbocycles. The van der Waals surface area contributed by atoms with Gasteiger partial charge >= 0.3 is 0 Å². The molecule has 2 fully saturated rings. The topological polar surface area (TPSA) is 79.0 Å². The van der Waals surface area contributed by atoms with Crippen molar-refractivity contribution in [3.63, 3.8) is 0 Å². The fraction of sp³-hybridized carbons (Fsp3) is 0.444. The maximum atomic E-state index is 13.7. The summed E-state index contributed by atoms with van der Waals surface area (Å²) in [5.41, 5.74) is 1.67. The molecule has 0 aliphatic carbocycles. The number of rotatable bonds is 5. The Morgan fingerprint density at radius 2 is 1.68 bits per heavy atom. The third kappa shape index (κ3) is 4.99. The number of nitrogens with zero attached hydrogens (tertiary/aromatic N) is 2. The van der Waals surface area contributed by atoms with E-state index in [9.17, 15) is 14.4 Å². The van der Waals surface area contributed by atoms with Crippen molar-refractivity contribution in [1.82, 2.24) is 15.1 Å². The molecule has 3 amide bonds. The van der Waals surface area contributed by atoms with Crippen LogP contribution in [0.5, 0.6) is 0 Å². The van der Waals surface area contributed by atoms with Crippen molar-refractivity contribution in [3.05, 3.63) is 71.3 Å². The number of likely N-dealkylation sites (tertiary alicyclic amines) is 1. The zero-order chi connectivity index (χ0) is 24.3. The minimum Gasteiger partial charge on any atom is -0.353 e. The van der Waals surface area contributed by atoms with Crippen LogP contribution in [-0.2, 0) is 20.7 Å². The summed E-state index contributed by atoms with van der Waals surface area (Å²) in [7, 11) is 0. The molecule has 0 saturated carbocycles. The zero-order valence-corrected chi connectivity index (χ0v) is 20.1. The lowest BCUT2D eigenvalue weighted by molar-refractivity contribution is -0.143. The maximum absolute atomic E-state index is 13.7. The van der Waals surface area contributed by atoms with E-state index in [0.29, 0.717) is 37.9 Å². The summed E-state index contributed by atoms with van der Waals surface area (Å²) in [6, 6.07) is 16.3. The Bertz CT molecular complexity index is 1030. The number of hydrogen-bond donors (Lipinski definition) is 1. The number of carbonyl (C=O) groups excluding carboxylic acids is 3. The Morgan fingerprint density at radius 3 is 2.29 bits per heavy atom. The van der Waals surface area contributed by atoms with E-state index in [1.165, 1.54) is 0 Å². The average molecular weight is 464 g/mol. The largest absolute Gasteiger partial charge is 0.353 e. The summed E-state index contributed by atoms with van der Waals surface area (Å²) >= 11 is 0. The monoisotopic (exact) mass is 463 g/mol. The number of amides is 3. The molecule has 2 aliphatic heterocycles. The quantitative estimate of drug-likeness (QED) is 0.740. The van der Waals surface area contributed by atoms with E-state index in [1.807, 2.05) is 68.1 Å². The van der Waals surface area contributed by atoms with Crippen LogP contribution in [0.15, 0.2) is 54.6 Å². The molecule has 0 bridgehead atoms. The van der Waals surface area contributed by atoms with Crippen LogP contribution in [0.4, 0.5) is 0 Å². The molecule has 1 atom stereocenters. The van der Waals surface area contributed by atoms with E-state index in [1.54, 1.807) is 17.0 Å². The summed E-state index contributed by atoms with van der Waals surface area (Å²) in [4.78, 5) is 43.0. The molecule has 0 radical (unpaired) electrons. The first-order chi connectivity index (χ1) is 16.3. The van der Waals surface area contributed by atoms with Crippen LogP contribution in [0, 0.1) is 6.92 Å². The first kappa shape index (κ1) is 24.0. The predicted octanol–water partition coefficient (Wildman–Crippen LogP) is 2.92. The van der Waals surface area contributed by atoms with Crippen LogP contribution in [0.2, 0.25) is 0 Å². The average Bonchev–Trinajstić information content (AvgIpc) is 3.18. The van der Waals surface area contributed by atoms with Crippen LogP contribution in [0.3, 0.4) is 0 Å². The van der Waals surface area contributed by atoms with Gasteiger partial charge < -0.3 is 15.0 Å². The second kappa shape index (κ2) is 9.97. The lowest BCUT2D eigenvalue weighted by atomic mass is 9.96. The van der Waals surface area contributed by atoms with Gasteiger partial charge in [-0.3, -0.25) is 19.3 Å². The zero-order valence-electron chi connectivity index (χ0n) is 20.1. The first-order valence-corrected chi connectivity index (χ1v) is 12.0. The van der Waals surface area contributed by atoms with Gasteiger partial charge in [-0.05, 0) is 38.5 Å². The van der Waals surface area contributed by atoms with Crippen LogP contribution < -0.4 is 5.32 Å². The van der Waals surface area contributed by atoms with Gasteiger partial charge in [-0.15, -0.1) is 0 Å². The normalized spacial score (nSPS) is 19.5. The number of aryl methyl sites for hydroxylation is 1. The second-order valence-corrected chi connectivity index (χ2v) is 9.52. The molecule has 2 aromatic rings. The van der Waals surface area contributed by atoms with E-state index in [0.717, 1.165) is 11.1 Å². The molecule has 2 saturated heterocycles. The Balaban J connectivity index is 1.53. The molecular formula is C27H33N3O4. The van der Waals surface area contributed by atoms with E-state index in [2.05, 4.69) is 5.32 Å². The fourth-order valence-corrected chi connectivity index (χ4v) is 4.77. The maximum Gasteiger partial charge on any atom is 0.256 e. The number of ether oxygens (including phenoxy) is 1. The molecule has 180 valence electrons. The highest BCUT2D eigenvalue weighted by Gasteiger charge is 2.54. The van der Waals surface area contributed by atoms with Gasteiger partial charge in [0.1, 0.15) is 11.8 Å². The minimum absolute atomic E-state index is 0.0437. The van der Waals surface area contributed by atoms with Crippen molar-refractivity contribution in [2.45, 2.75) is 57.8 Å². The number of hydrogen-bond acceptors (Lipinski definition) is 4. The van der Waals surface area contributed by atoms with Crippen molar-refractivity contribution in [2.24, 2.45) is 0 Å². The van der Waals surface area contributed by atoms with Crippen molar-refractivity contribution in [3.8, 4) is 0 Å². The third-order valence-electron chi connectivity index (χ3n) is 6.61. The summed E-state index contributed by atoms with van der Waals surface area (Å²) in [6.07, 6.45) is 1.29. The van der Waals surface area contributed by atoms with Crippen molar-refractivity contribution in [1.29, 1.82) is 0 Å². The van der Waals surface area contributed by atoms with Gasteiger partial charge in [-0.25, -0.2) is 0 Å². The second-order valence-electron chi connectivity index (χ2n) is 9.52. The fourth-order valence-electron chi connectivity index (χ4n) is 4.77. The smallest absolute Gasteiger partial charge is 0.256 e. The molecule has 7 nitrogen and oxygen atoms in total. The van der Waals surface area contributed by atoms with Crippen LogP contribution in [-0.4, -0.2) is 65.0 Å². The van der Waals surface area contributed by atoms with E-state index < -0.39 is 11.8 Å². The molecule has 2 aliphatic rings. The van der Waals surface area contributed by atoms with Gasteiger partial charge in [0.2, 0.25) is 11.8 Å². The molecule has 1 N–H and O–H groups in total. The summed E-state index contributed by atoms with van der Waals surface area (Å²) < 4.78 is 6.23.